The normalized spacial score (nSPS) is 10.8. The topological polar surface area (TPSA) is 157 Å². The average molecular weight is 536 g/mol. The van der Waals surface area contributed by atoms with Gasteiger partial charge in [-0.05, 0) is 48.5 Å². The monoisotopic (exact) mass is 535 g/mol. The van der Waals surface area contributed by atoms with Crippen molar-refractivity contribution in [1.29, 1.82) is 0 Å². The van der Waals surface area contributed by atoms with Crippen LogP contribution >= 0.6 is 0 Å². The van der Waals surface area contributed by atoms with Gasteiger partial charge in [-0.3, -0.25) is 0 Å². The standard InChI is InChI=1S/C28H29N3O8/c1-36-19-4-2-18(3-5-19)26-29-27(22-8-6-20(16-24(22)35)37-13-10-32)31-28(30-26)23-9-7-21(38-14-11-33)17-25(23)39-15-12-34/h2-9,16-17,32-35H,10-15H2,1H3. The van der Waals surface area contributed by atoms with Gasteiger partial charge in [-0.2, -0.15) is 0 Å². The van der Waals surface area contributed by atoms with Crippen molar-refractivity contribution < 1.29 is 39.4 Å². The molecule has 0 fully saturated rings. The maximum Gasteiger partial charge on any atom is 0.167 e. The highest BCUT2D eigenvalue weighted by molar-refractivity contribution is 5.73. The molecule has 4 aromatic rings. The lowest BCUT2D eigenvalue weighted by Gasteiger charge is -2.14. The first-order valence-corrected chi connectivity index (χ1v) is 12.2. The number of benzene rings is 3. The van der Waals surface area contributed by atoms with Gasteiger partial charge in [-0.15, -0.1) is 0 Å². The number of phenolic OH excluding ortho intramolecular Hbond substituents is 1. The Hall–Kier alpha value is -4.45. The van der Waals surface area contributed by atoms with E-state index in [9.17, 15) is 10.2 Å². The minimum absolute atomic E-state index is 0.0236. The van der Waals surface area contributed by atoms with Crippen molar-refractivity contribution in [2.24, 2.45) is 0 Å². The van der Waals surface area contributed by atoms with Gasteiger partial charge >= 0.3 is 0 Å². The molecular formula is C28H29N3O8. The fraction of sp³-hybridized carbons (Fsp3) is 0.250. The highest BCUT2D eigenvalue weighted by atomic mass is 16.5. The van der Waals surface area contributed by atoms with Crippen molar-refractivity contribution in [3.05, 3.63) is 60.7 Å². The van der Waals surface area contributed by atoms with Crippen molar-refractivity contribution in [3.63, 3.8) is 0 Å². The van der Waals surface area contributed by atoms with Crippen LogP contribution in [0, 0.1) is 0 Å². The summed E-state index contributed by atoms with van der Waals surface area (Å²) in [6, 6.07) is 16.9. The summed E-state index contributed by atoms with van der Waals surface area (Å²) in [7, 11) is 1.58. The van der Waals surface area contributed by atoms with Crippen LogP contribution in [0.15, 0.2) is 60.7 Å². The molecule has 0 saturated heterocycles. The second-order valence-electron chi connectivity index (χ2n) is 8.09. The molecular weight excluding hydrogens is 506 g/mol. The van der Waals surface area contributed by atoms with E-state index in [4.69, 9.17) is 29.2 Å². The Labute approximate surface area is 224 Å². The Kier molecular flexibility index (Phi) is 9.46. The molecule has 1 aromatic heterocycles. The number of aliphatic hydroxyl groups excluding tert-OH is 3. The molecule has 4 N–H and O–H groups in total. The van der Waals surface area contributed by atoms with Crippen LogP contribution in [0.4, 0.5) is 0 Å². The van der Waals surface area contributed by atoms with Gasteiger partial charge in [-0.1, -0.05) is 0 Å². The second kappa shape index (κ2) is 13.4. The molecule has 39 heavy (non-hydrogen) atoms. The number of aliphatic hydroxyl groups is 3. The van der Waals surface area contributed by atoms with E-state index in [1.54, 1.807) is 49.6 Å². The number of phenols is 1. The fourth-order valence-corrected chi connectivity index (χ4v) is 3.66. The van der Waals surface area contributed by atoms with Crippen LogP contribution < -0.4 is 18.9 Å². The lowest BCUT2D eigenvalue weighted by molar-refractivity contribution is 0.195. The van der Waals surface area contributed by atoms with Gasteiger partial charge in [0.1, 0.15) is 48.6 Å². The van der Waals surface area contributed by atoms with Gasteiger partial charge < -0.3 is 39.4 Å². The predicted molar refractivity (Wildman–Crippen MR) is 142 cm³/mol. The summed E-state index contributed by atoms with van der Waals surface area (Å²) in [4.78, 5) is 13.9. The Bertz CT molecular complexity index is 1380. The first kappa shape index (κ1) is 27.6. The number of nitrogens with zero attached hydrogens (tertiary/aromatic N) is 3. The third-order valence-corrected chi connectivity index (χ3v) is 5.46. The number of aromatic nitrogens is 3. The Morgan fingerprint density at radius 3 is 1.69 bits per heavy atom. The largest absolute Gasteiger partial charge is 0.507 e. The van der Waals surface area contributed by atoms with Crippen molar-refractivity contribution >= 4 is 0 Å². The molecule has 3 aromatic carbocycles. The number of hydrogen-bond donors (Lipinski definition) is 4. The SMILES string of the molecule is COc1ccc(-c2nc(-c3ccc(OCCO)cc3O)nc(-c3ccc(OCCO)cc3OCCO)n2)cc1. The molecule has 0 aliphatic heterocycles. The van der Waals surface area contributed by atoms with Crippen molar-refractivity contribution in [2.75, 3.05) is 46.8 Å². The molecule has 11 heteroatoms. The summed E-state index contributed by atoms with van der Waals surface area (Å²) < 4.78 is 21.9. The zero-order valence-corrected chi connectivity index (χ0v) is 21.3. The van der Waals surface area contributed by atoms with Gasteiger partial charge in [0, 0.05) is 17.7 Å². The molecule has 11 nitrogen and oxygen atoms in total. The van der Waals surface area contributed by atoms with E-state index in [0.717, 1.165) is 0 Å². The Balaban J connectivity index is 1.85. The van der Waals surface area contributed by atoms with Gasteiger partial charge in [0.2, 0.25) is 0 Å². The van der Waals surface area contributed by atoms with Crippen LogP contribution in [0.3, 0.4) is 0 Å². The summed E-state index contributed by atoms with van der Waals surface area (Å²) in [5.41, 5.74) is 1.52. The van der Waals surface area contributed by atoms with Crippen LogP contribution in [0.1, 0.15) is 0 Å². The highest BCUT2D eigenvalue weighted by Gasteiger charge is 2.18. The van der Waals surface area contributed by atoms with Crippen LogP contribution in [-0.2, 0) is 0 Å². The molecule has 0 spiro atoms. The fourth-order valence-electron chi connectivity index (χ4n) is 3.66. The first-order valence-electron chi connectivity index (χ1n) is 12.2. The summed E-state index contributed by atoms with van der Waals surface area (Å²) in [6.45, 7) is -0.299. The number of rotatable bonds is 13. The van der Waals surface area contributed by atoms with Gasteiger partial charge in [0.15, 0.2) is 17.5 Å². The summed E-state index contributed by atoms with van der Waals surface area (Å²) in [5.74, 6) is 2.55. The zero-order chi connectivity index (χ0) is 27.6. The van der Waals surface area contributed by atoms with Crippen LogP contribution in [-0.4, -0.2) is 82.1 Å². The van der Waals surface area contributed by atoms with Gasteiger partial charge in [0.25, 0.3) is 0 Å². The lowest BCUT2D eigenvalue weighted by atomic mass is 10.1. The summed E-state index contributed by atoms with van der Waals surface area (Å²) in [5, 5.41) is 38.2. The Morgan fingerprint density at radius 2 is 1.10 bits per heavy atom. The third kappa shape index (κ3) is 6.90. The smallest absolute Gasteiger partial charge is 0.167 e. The molecule has 204 valence electrons. The summed E-state index contributed by atoms with van der Waals surface area (Å²) in [6.07, 6.45) is 0. The molecule has 1 heterocycles. The van der Waals surface area contributed by atoms with E-state index in [2.05, 4.69) is 15.0 Å². The lowest BCUT2D eigenvalue weighted by Crippen LogP contribution is -2.06. The van der Waals surface area contributed by atoms with Crippen LogP contribution in [0.2, 0.25) is 0 Å². The van der Waals surface area contributed by atoms with E-state index < -0.39 is 0 Å². The predicted octanol–water partition coefficient (Wildman–Crippen LogP) is 2.70. The highest BCUT2D eigenvalue weighted by Crippen LogP contribution is 2.36. The van der Waals surface area contributed by atoms with E-state index in [-0.39, 0.29) is 57.0 Å². The number of methoxy groups -OCH3 is 1. The molecule has 0 radical (unpaired) electrons. The summed E-state index contributed by atoms with van der Waals surface area (Å²) >= 11 is 0. The van der Waals surface area contributed by atoms with E-state index in [1.165, 1.54) is 6.07 Å². The maximum absolute atomic E-state index is 10.8. The maximum atomic E-state index is 10.8. The first-order chi connectivity index (χ1) is 19.1. The van der Waals surface area contributed by atoms with E-state index >= 15 is 0 Å². The molecule has 0 aliphatic carbocycles. The van der Waals surface area contributed by atoms with Crippen LogP contribution in [0.5, 0.6) is 28.7 Å². The second-order valence-corrected chi connectivity index (χ2v) is 8.09. The molecule has 0 saturated carbocycles. The number of hydrogen-bond acceptors (Lipinski definition) is 11. The molecule has 0 amide bonds. The average Bonchev–Trinajstić information content (AvgIpc) is 2.97. The Morgan fingerprint density at radius 1 is 0.590 bits per heavy atom. The molecule has 0 atom stereocenters. The number of ether oxygens (including phenoxy) is 4. The van der Waals surface area contributed by atoms with Crippen molar-refractivity contribution in [1.82, 2.24) is 15.0 Å². The van der Waals surface area contributed by atoms with Crippen molar-refractivity contribution in [3.8, 4) is 62.9 Å². The van der Waals surface area contributed by atoms with Gasteiger partial charge in [0.05, 0.1) is 38.1 Å². The zero-order valence-electron chi connectivity index (χ0n) is 21.3. The van der Waals surface area contributed by atoms with E-state index in [1.807, 2.05) is 12.1 Å². The molecule has 0 unspecified atom stereocenters. The molecule has 0 aliphatic rings. The molecule has 0 bridgehead atoms. The van der Waals surface area contributed by atoms with E-state index in [0.29, 0.717) is 45.5 Å². The number of aromatic hydroxyl groups is 1. The minimum atomic E-state index is -0.209. The minimum Gasteiger partial charge on any atom is -0.507 e. The van der Waals surface area contributed by atoms with Crippen molar-refractivity contribution in [2.45, 2.75) is 0 Å². The third-order valence-electron chi connectivity index (χ3n) is 5.46. The molecule has 4 rings (SSSR count). The quantitative estimate of drug-likeness (QED) is 0.200. The van der Waals surface area contributed by atoms with Crippen LogP contribution in [0.25, 0.3) is 34.2 Å². The van der Waals surface area contributed by atoms with Gasteiger partial charge in [-0.25, -0.2) is 15.0 Å².